The van der Waals surface area contributed by atoms with E-state index >= 15 is 0 Å². The first-order valence-corrected chi connectivity index (χ1v) is 5.90. The minimum absolute atomic E-state index is 0.0556. The Bertz CT molecular complexity index is 402. The Hall–Kier alpha value is -1.42. The molecule has 0 aromatic carbocycles. The third-order valence-corrected chi connectivity index (χ3v) is 2.78. The summed E-state index contributed by atoms with van der Waals surface area (Å²) in [6.45, 7) is 7.82. The Morgan fingerprint density at radius 2 is 2.06 bits per heavy atom. The molecule has 0 fully saturated rings. The maximum Gasteiger partial charge on any atom is 0.225 e. The molecular weight excluding hydrogens is 214 g/mol. The maximum atomic E-state index is 11.7. The van der Waals surface area contributed by atoms with Gasteiger partial charge in [0.05, 0.1) is 11.4 Å². The zero-order chi connectivity index (χ0) is 13.0. The summed E-state index contributed by atoms with van der Waals surface area (Å²) >= 11 is 0. The molecule has 4 heteroatoms. The summed E-state index contributed by atoms with van der Waals surface area (Å²) in [6, 6.07) is 3.65. The van der Waals surface area contributed by atoms with E-state index in [-0.39, 0.29) is 11.9 Å². The van der Waals surface area contributed by atoms with Crippen molar-refractivity contribution in [2.75, 3.05) is 5.32 Å². The number of aromatic nitrogens is 1. The third-order valence-electron chi connectivity index (χ3n) is 2.78. The molecule has 3 N–H and O–H groups in total. The number of rotatable bonds is 4. The standard InChI is InChI=1S/C13H21N3O/c1-8(2)11(14)7-13(17)16-12-6-5-9(3)15-10(12)4/h5-6,8,11H,7,14H2,1-4H3,(H,16,17). The molecule has 94 valence electrons. The molecule has 0 aliphatic carbocycles. The zero-order valence-electron chi connectivity index (χ0n) is 10.9. The smallest absolute Gasteiger partial charge is 0.225 e. The van der Waals surface area contributed by atoms with Crippen LogP contribution in [0.25, 0.3) is 0 Å². The first-order chi connectivity index (χ1) is 7.90. The number of nitrogens with two attached hydrogens (primary N) is 1. The van der Waals surface area contributed by atoms with Crippen LogP contribution in [0.5, 0.6) is 0 Å². The predicted molar refractivity (Wildman–Crippen MR) is 69.8 cm³/mol. The van der Waals surface area contributed by atoms with Crippen molar-refractivity contribution in [3.8, 4) is 0 Å². The van der Waals surface area contributed by atoms with Crippen molar-refractivity contribution in [1.82, 2.24) is 4.98 Å². The molecule has 0 bridgehead atoms. The molecule has 17 heavy (non-hydrogen) atoms. The molecule has 0 spiro atoms. The summed E-state index contributed by atoms with van der Waals surface area (Å²) in [6.07, 6.45) is 0.338. The van der Waals surface area contributed by atoms with Crippen LogP contribution in [0.2, 0.25) is 0 Å². The number of hydrogen-bond donors (Lipinski definition) is 2. The average Bonchev–Trinajstić information content (AvgIpc) is 2.22. The third kappa shape index (κ3) is 4.15. The highest BCUT2D eigenvalue weighted by Crippen LogP contribution is 2.13. The Kier molecular flexibility index (Phi) is 4.63. The van der Waals surface area contributed by atoms with Gasteiger partial charge < -0.3 is 11.1 Å². The lowest BCUT2D eigenvalue weighted by molar-refractivity contribution is -0.116. The summed E-state index contributed by atoms with van der Waals surface area (Å²) in [5.41, 5.74) is 8.39. The van der Waals surface area contributed by atoms with Gasteiger partial charge in [0.25, 0.3) is 0 Å². The molecule has 1 rings (SSSR count). The minimum Gasteiger partial charge on any atom is -0.327 e. The van der Waals surface area contributed by atoms with E-state index in [2.05, 4.69) is 10.3 Å². The number of pyridine rings is 1. The molecule has 0 saturated carbocycles. The lowest BCUT2D eigenvalue weighted by atomic mass is 10.0. The number of anilines is 1. The molecule has 0 radical (unpaired) electrons. The van der Waals surface area contributed by atoms with E-state index < -0.39 is 0 Å². The predicted octanol–water partition coefficient (Wildman–Crippen LogP) is 2.01. The normalized spacial score (nSPS) is 12.6. The van der Waals surface area contributed by atoms with Crippen molar-refractivity contribution in [3.63, 3.8) is 0 Å². The Morgan fingerprint density at radius 3 is 2.59 bits per heavy atom. The van der Waals surface area contributed by atoms with Crippen molar-refractivity contribution < 1.29 is 4.79 Å². The van der Waals surface area contributed by atoms with Gasteiger partial charge in [0.2, 0.25) is 5.91 Å². The first-order valence-electron chi connectivity index (χ1n) is 5.90. The van der Waals surface area contributed by atoms with Gasteiger partial charge in [0, 0.05) is 18.2 Å². The second kappa shape index (κ2) is 5.77. The van der Waals surface area contributed by atoms with E-state index in [0.717, 1.165) is 17.1 Å². The molecule has 1 atom stereocenters. The summed E-state index contributed by atoms with van der Waals surface area (Å²) < 4.78 is 0. The van der Waals surface area contributed by atoms with Crippen LogP contribution in [0.3, 0.4) is 0 Å². The number of amides is 1. The van der Waals surface area contributed by atoms with Crippen LogP contribution in [-0.2, 0) is 4.79 Å². The van der Waals surface area contributed by atoms with Crippen molar-refractivity contribution in [2.24, 2.45) is 11.7 Å². The molecule has 1 heterocycles. The van der Waals surface area contributed by atoms with Gasteiger partial charge in [-0.1, -0.05) is 13.8 Å². The quantitative estimate of drug-likeness (QED) is 0.838. The summed E-state index contributed by atoms with van der Waals surface area (Å²) in [5.74, 6) is 0.248. The van der Waals surface area contributed by atoms with Crippen LogP contribution in [0, 0.1) is 19.8 Å². The summed E-state index contributed by atoms with van der Waals surface area (Å²) in [4.78, 5) is 16.0. The molecule has 0 aliphatic heterocycles. The van der Waals surface area contributed by atoms with Crippen molar-refractivity contribution in [1.29, 1.82) is 0 Å². The van der Waals surface area contributed by atoms with Crippen molar-refractivity contribution >= 4 is 11.6 Å². The van der Waals surface area contributed by atoms with Crippen LogP contribution in [0.1, 0.15) is 31.7 Å². The van der Waals surface area contributed by atoms with E-state index in [1.54, 1.807) is 0 Å². The number of carbonyl (C=O) groups excluding carboxylic acids is 1. The lowest BCUT2D eigenvalue weighted by Gasteiger charge is -2.15. The van der Waals surface area contributed by atoms with Gasteiger partial charge >= 0.3 is 0 Å². The van der Waals surface area contributed by atoms with Gasteiger partial charge in [0.15, 0.2) is 0 Å². The fourth-order valence-corrected chi connectivity index (χ4v) is 1.47. The Balaban J connectivity index is 2.62. The van der Waals surface area contributed by atoms with Gasteiger partial charge in [-0.3, -0.25) is 9.78 Å². The number of nitrogens with zero attached hydrogens (tertiary/aromatic N) is 1. The highest BCUT2D eigenvalue weighted by molar-refractivity contribution is 5.91. The minimum atomic E-state index is -0.103. The monoisotopic (exact) mass is 235 g/mol. The highest BCUT2D eigenvalue weighted by Gasteiger charge is 2.13. The molecule has 1 aromatic heterocycles. The SMILES string of the molecule is Cc1ccc(NC(=O)CC(N)C(C)C)c(C)n1. The van der Waals surface area contributed by atoms with E-state index in [1.807, 2.05) is 39.8 Å². The van der Waals surface area contributed by atoms with Gasteiger partial charge in [-0.25, -0.2) is 0 Å². The highest BCUT2D eigenvalue weighted by atomic mass is 16.1. The largest absolute Gasteiger partial charge is 0.327 e. The molecule has 1 unspecified atom stereocenters. The maximum absolute atomic E-state index is 11.7. The van der Waals surface area contributed by atoms with E-state index in [9.17, 15) is 4.79 Å². The van der Waals surface area contributed by atoms with Crippen LogP contribution in [-0.4, -0.2) is 16.9 Å². The molecule has 1 amide bonds. The van der Waals surface area contributed by atoms with Crippen LogP contribution >= 0.6 is 0 Å². The van der Waals surface area contributed by atoms with Gasteiger partial charge in [0.1, 0.15) is 0 Å². The molecule has 4 nitrogen and oxygen atoms in total. The lowest BCUT2D eigenvalue weighted by Crippen LogP contribution is -2.31. The number of hydrogen-bond acceptors (Lipinski definition) is 3. The number of carbonyl (C=O) groups is 1. The van der Waals surface area contributed by atoms with Gasteiger partial charge in [-0.2, -0.15) is 0 Å². The number of aryl methyl sites for hydroxylation is 2. The Labute approximate surface area is 103 Å². The molecular formula is C13H21N3O. The van der Waals surface area contributed by atoms with Crippen molar-refractivity contribution in [2.45, 2.75) is 40.2 Å². The number of nitrogens with one attached hydrogen (secondary N) is 1. The van der Waals surface area contributed by atoms with Crippen LogP contribution < -0.4 is 11.1 Å². The molecule has 0 aliphatic rings. The zero-order valence-corrected chi connectivity index (χ0v) is 10.9. The van der Waals surface area contributed by atoms with E-state index in [4.69, 9.17) is 5.73 Å². The fourth-order valence-electron chi connectivity index (χ4n) is 1.47. The topological polar surface area (TPSA) is 68.0 Å². The van der Waals surface area contributed by atoms with Crippen LogP contribution in [0.15, 0.2) is 12.1 Å². The second-order valence-corrected chi connectivity index (χ2v) is 4.75. The van der Waals surface area contributed by atoms with Crippen molar-refractivity contribution in [3.05, 3.63) is 23.5 Å². The van der Waals surface area contributed by atoms with E-state index in [0.29, 0.717) is 12.3 Å². The summed E-state index contributed by atoms with van der Waals surface area (Å²) in [7, 11) is 0. The first kappa shape index (κ1) is 13.6. The average molecular weight is 235 g/mol. The second-order valence-electron chi connectivity index (χ2n) is 4.75. The van der Waals surface area contributed by atoms with E-state index in [1.165, 1.54) is 0 Å². The molecule has 1 aromatic rings. The van der Waals surface area contributed by atoms with Gasteiger partial charge in [-0.05, 0) is 31.9 Å². The summed E-state index contributed by atoms with van der Waals surface area (Å²) in [5, 5.41) is 2.84. The fraction of sp³-hybridized carbons (Fsp3) is 0.538. The molecule has 0 saturated heterocycles. The van der Waals surface area contributed by atoms with Gasteiger partial charge in [-0.15, -0.1) is 0 Å². The van der Waals surface area contributed by atoms with Crippen LogP contribution in [0.4, 0.5) is 5.69 Å². The Morgan fingerprint density at radius 1 is 1.41 bits per heavy atom.